The van der Waals surface area contributed by atoms with Crippen LogP contribution in [-0.4, -0.2) is 46.2 Å². The van der Waals surface area contributed by atoms with Gasteiger partial charge >= 0.3 is 0 Å². The molecule has 0 saturated carbocycles. The van der Waals surface area contributed by atoms with Crippen LogP contribution < -0.4 is 19.3 Å². The number of carbonyl (C=O) groups excluding carboxylic acids is 2. The van der Waals surface area contributed by atoms with Crippen molar-refractivity contribution in [2.24, 2.45) is 0 Å². The second kappa shape index (κ2) is 9.38. The van der Waals surface area contributed by atoms with E-state index in [0.717, 1.165) is 34.8 Å². The van der Waals surface area contributed by atoms with Crippen LogP contribution in [0, 0.1) is 0 Å². The normalized spacial score (nSPS) is 14.9. The van der Waals surface area contributed by atoms with Gasteiger partial charge < -0.3 is 15.0 Å². The number of benzene rings is 2. The minimum Gasteiger partial charge on any atom is -0.481 e. The molecule has 0 radical (unpaired) electrons. The molecule has 2 aromatic rings. The molecule has 1 saturated heterocycles. The van der Waals surface area contributed by atoms with Gasteiger partial charge in [0.1, 0.15) is 5.75 Å². The lowest BCUT2D eigenvalue weighted by molar-refractivity contribution is -0.127. The molecule has 1 N–H and O–H groups in total. The third kappa shape index (κ3) is 5.75. The Kier molecular flexibility index (Phi) is 6.84. The summed E-state index contributed by atoms with van der Waals surface area (Å²) in [6, 6.07) is 14.1. The summed E-state index contributed by atoms with van der Waals surface area (Å²) >= 11 is 0. The maximum atomic E-state index is 12.4. The Morgan fingerprint density at radius 2 is 1.94 bits per heavy atom. The first-order valence-electron chi connectivity index (χ1n) is 10.0. The molecule has 1 aliphatic rings. The fraction of sp³-hybridized carbons (Fsp3) is 0.364. The molecule has 166 valence electrons. The number of carbonyl (C=O) groups is 2. The lowest BCUT2D eigenvalue weighted by Gasteiger charge is -2.19. The summed E-state index contributed by atoms with van der Waals surface area (Å²) in [6.45, 7) is 2.68. The van der Waals surface area contributed by atoms with Gasteiger partial charge in [-0.1, -0.05) is 12.1 Å². The van der Waals surface area contributed by atoms with E-state index in [1.807, 2.05) is 24.3 Å². The third-order valence-electron chi connectivity index (χ3n) is 5.14. The molecule has 2 aromatic carbocycles. The first-order chi connectivity index (χ1) is 14.6. The quantitative estimate of drug-likeness (QED) is 0.673. The van der Waals surface area contributed by atoms with Crippen LogP contribution in [0.3, 0.4) is 0 Å². The summed E-state index contributed by atoms with van der Waals surface area (Å²) < 4.78 is 30.0. The molecule has 1 aliphatic heterocycles. The molecule has 2 amide bonds. The summed E-state index contributed by atoms with van der Waals surface area (Å²) in [5.41, 5.74) is 2.24. The van der Waals surface area contributed by atoms with Crippen molar-refractivity contribution >= 4 is 33.2 Å². The zero-order valence-corrected chi connectivity index (χ0v) is 18.7. The van der Waals surface area contributed by atoms with E-state index in [2.05, 4.69) is 5.32 Å². The number of anilines is 2. The van der Waals surface area contributed by atoms with Gasteiger partial charge in [0.2, 0.25) is 15.9 Å². The smallest absolute Gasteiger partial charge is 0.261 e. The zero-order chi connectivity index (χ0) is 22.6. The Hall–Kier alpha value is -3.07. The summed E-state index contributed by atoms with van der Waals surface area (Å²) in [5, 5.41) is 2.84. The van der Waals surface area contributed by atoms with Crippen LogP contribution in [-0.2, 0) is 26.2 Å². The van der Waals surface area contributed by atoms with Gasteiger partial charge in [0.25, 0.3) is 5.91 Å². The molecular weight excluding hydrogens is 418 g/mol. The van der Waals surface area contributed by atoms with E-state index in [9.17, 15) is 18.0 Å². The number of amides is 2. The Labute approximate surface area is 182 Å². The SMILES string of the molecule is C[C@H](Oc1ccc(N(C)S(C)(=O)=O)cc1)C(=O)NCc1cccc(N2CCCC2=O)c1. The van der Waals surface area contributed by atoms with E-state index >= 15 is 0 Å². The number of rotatable bonds is 8. The van der Waals surface area contributed by atoms with Crippen molar-refractivity contribution in [3.05, 3.63) is 54.1 Å². The monoisotopic (exact) mass is 445 g/mol. The molecule has 0 bridgehead atoms. The number of nitrogens with zero attached hydrogens (tertiary/aromatic N) is 2. The van der Waals surface area contributed by atoms with Crippen molar-refractivity contribution in [1.29, 1.82) is 0 Å². The molecule has 1 atom stereocenters. The summed E-state index contributed by atoms with van der Waals surface area (Å²) in [6.07, 6.45) is 1.83. The Morgan fingerprint density at radius 3 is 2.55 bits per heavy atom. The van der Waals surface area contributed by atoms with Crippen molar-refractivity contribution < 1.29 is 22.7 Å². The average Bonchev–Trinajstić information content (AvgIpc) is 3.17. The summed E-state index contributed by atoms with van der Waals surface area (Å²) in [5.74, 6) is 0.305. The molecule has 1 heterocycles. The predicted molar refractivity (Wildman–Crippen MR) is 120 cm³/mol. The zero-order valence-electron chi connectivity index (χ0n) is 17.9. The van der Waals surface area contributed by atoms with E-state index in [1.165, 1.54) is 7.05 Å². The largest absolute Gasteiger partial charge is 0.481 e. The number of hydrogen-bond donors (Lipinski definition) is 1. The molecule has 3 rings (SSSR count). The van der Waals surface area contributed by atoms with Gasteiger partial charge in [-0.3, -0.25) is 13.9 Å². The maximum Gasteiger partial charge on any atom is 0.261 e. The molecule has 8 nitrogen and oxygen atoms in total. The van der Waals surface area contributed by atoms with Gasteiger partial charge in [-0.15, -0.1) is 0 Å². The highest BCUT2D eigenvalue weighted by atomic mass is 32.2. The standard InChI is InChI=1S/C22H27N3O5S/c1-16(30-20-11-9-18(10-12-20)24(2)31(3,28)29)22(27)23-15-17-6-4-7-19(14-17)25-13-5-8-21(25)26/h4,6-7,9-12,14,16H,5,8,13,15H2,1-3H3,(H,23,27)/t16-/m0/s1. The second-order valence-corrected chi connectivity index (χ2v) is 9.53. The molecule has 0 aliphatic carbocycles. The van der Waals surface area contributed by atoms with Gasteiger partial charge in [-0.25, -0.2) is 8.42 Å². The van der Waals surface area contributed by atoms with Gasteiger partial charge in [0.15, 0.2) is 6.10 Å². The first kappa shape index (κ1) is 22.6. The summed E-state index contributed by atoms with van der Waals surface area (Å²) in [7, 11) is -1.88. The maximum absolute atomic E-state index is 12.4. The van der Waals surface area contributed by atoms with Crippen molar-refractivity contribution in [2.75, 3.05) is 29.1 Å². The topological polar surface area (TPSA) is 96.0 Å². The highest BCUT2D eigenvalue weighted by molar-refractivity contribution is 7.92. The second-order valence-electron chi connectivity index (χ2n) is 7.52. The van der Waals surface area contributed by atoms with E-state index in [0.29, 0.717) is 24.4 Å². The van der Waals surface area contributed by atoms with E-state index in [-0.39, 0.29) is 11.8 Å². The molecule has 0 spiro atoms. The Bertz CT molecular complexity index is 1050. The number of hydrogen-bond acceptors (Lipinski definition) is 5. The van der Waals surface area contributed by atoms with Gasteiger partial charge in [0.05, 0.1) is 11.9 Å². The molecule has 31 heavy (non-hydrogen) atoms. The number of sulfonamides is 1. The van der Waals surface area contributed by atoms with E-state index in [4.69, 9.17) is 4.74 Å². The number of ether oxygens (including phenoxy) is 1. The fourth-order valence-corrected chi connectivity index (χ4v) is 3.78. The molecule has 9 heteroatoms. The van der Waals surface area contributed by atoms with Crippen LogP contribution in [0.25, 0.3) is 0 Å². The van der Waals surface area contributed by atoms with Crippen LogP contribution in [0.2, 0.25) is 0 Å². The van der Waals surface area contributed by atoms with E-state index < -0.39 is 16.1 Å². The minimum atomic E-state index is -3.34. The predicted octanol–water partition coefficient (Wildman–Crippen LogP) is 2.29. The van der Waals surface area contributed by atoms with E-state index in [1.54, 1.807) is 36.1 Å². The summed E-state index contributed by atoms with van der Waals surface area (Å²) in [4.78, 5) is 26.1. The average molecular weight is 446 g/mol. The molecule has 0 aromatic heterocycles. The van der Waals surface area contributed by atoms with Crippen LogP contribution in [0.15, 0.2) is 48.5 Å². The van der Waals surface area contributed by atoms with Crippen molar-refractivity contribution in [1.82, 2.24) is 5.32 Å². The van der Waals surface area contributed by atoms with Crippen LogP contribution in [0.1, 0.15) is 25.3 Å². The van der Waals surface area contributed by atoms with Gasteiger partial charge in [0, 0.05) is 32.2 Å². The fourth-order valence-electron chi connectivity index (χ4n) is 3.27. The van der Waals surface area contributed by atoms with Crippen LogP contribution >= 0.6 is 0 Å². The first-order valence-corrected chi connectivity index (χ1v) is 11.9. The lowest BCUT2D eigenvalue weighted by Crippen LogP contribution is -2.36. The number of nitrogens with one attached hydrogen (secondary N) is 1. The van der Waals surface area contributed by atoms with Crippen molar-refractivity contribution in [2.45, 2.75) is 32.4 Å². The van der Waals surface area contributed by atoms with Gasteiger partial charge in [-0.05, 0) is 55.3 Å². The molecule has 1 fully saturated rings. The lowest BCUT2D eigenvalue weighted by atomic mass is 10.2. The Morgan fingerprint density at radius 1 is 1.23 bits per heavy atom. The van der Waals surface area contributed by atoms with Crippen molar-refractivity contribution in [3.8, 4) is 5.75 Å². The minimum absolute atomic E-state index is 0.122. The highest BCUT2D eigenvalue weighted by Crippen LogP contribution is 2.23. The Balaban J connectivity index is 1.55. The van der Waals surface area contributed by atoms with Crippen LogP contribution in [0.5, 0.6) is 5.75 Å². The van der Waals surface area contributed by atoms with Gasteiger partial charge in [-0.2, -0.15) is 0 Å². The van der Waals surface area contributed by atoms with Crippen LogP contribution in [0.4, 0.5) is 11.4 Å². The molecular formula is C22H27N3O5S. The molecule has 0 unspecified atom stereocenters. The highest BCUT2D eigenvalue weighted by Gasteiger charge is 2.22. The third-order valence-corrected chi connectivity index (χ3v) is 6.35. The van der Waals surface area contributed by atoms with Crippen molar-refractivity contribution in [3.63, 3.8) is 0 Å².